The van der Waals surface area contributed by atoms with Gasteiger partial charge in [0.25, 0.3) is 0 Å². The number of rotatable bonds is 6. The zero-order chi connectivity index (χ0) is 18.3. The molecule has 4 rings (SSSR count). The van der Waals surface area contributed by atoms with Crippen LogP contribution in [0.4, 0.5) is 0 Å². The highest BCUT2D eigenvalue weighted by Gasteiger charge is 2.24. The third kappa shape index (κ3) is 5.63. The summed E-state index contributed by atoms with van der Waals surface area (Å²) in [6, 6.07) is 10.3. The Balaban J connectivity index is 1.27. The summed E-state index contributed by atoms with van der Waals surface area (Å²) >= 11 is 0. The van der Waals surface area contributed by atoms with E-state index in [1.54, 1.807) is 0 Å². The second kappa shape index (κ2) is 9.47. The first-order chi connectivity index (χ1) is 13.3. The fourth-order valence-electron chi connectivity index (χ4n) is 4.52. The maximum Gasteiger partial charge on any atom is 0.240 e. The predicted molar refractivity (Wildman–Crippen MR) is 106 cm³/mol. The van der Waals surface area contributed by atoms with Crippen molar-refractivity contribution in [3.63, 3.8) is 0 Å². The number of hydrogen-bond acceptors (Lipinski definition) is 5. The van der Waals surface area contributed by atoms with E-state index in [2.05, 4.69) is 44.2 Å². The molecule has 1 unspecified atom stereocenters. The summed E-state index contributed by atoms with van der Waals surface area (Å²) < 4.78 is 5.53. The highest BCUT2D eigenvalue weighted by Crippen LogP contribution is 2.21. The van der Waals surface area contributed by atoms with Crippen molar-refractivity contribution in [2.24, 2.45) is 5.92 Å². The quantitative estimate of drug-likeness (QED) is 0.777. The average molecular weight is 369 g/mol. The Hall–Kier alpha value is -1.72. The Morgan fingerprint density at radius 1 is 0.926 bits per heavy atom. The number of aromatic nitrogens is 2. The number of nitrogens with zero attached hydrogens (tertiary/aromatic N) is 4. The molecule has 0 N–H and O–H groups in total. The third-order valence-electron chi connectivity index (χ3n) is 5.89. The van der Waals surface area contributed by atoms with Gasteiger partial charge in [-0.15, -0.1) is 0 Å². The molecule has 2 aliphatic heterocycles. The molecular weight excluding hydrogens is 336 g/mol. The Morgan fingerprint density at radius 2 is 1.70 bits per heavy atom. The van der Waals surface area contributed by atoms with Crippen molar-refractivity contribution in [1.82, 2.24) is 19.9 Å². The number of likely N-dealkylation sites (tertiary alicyclic amines) is 2. The lowest BCUT2D eigenvalue weighted by Crippen LogP contribution is -2.41. The van der Waals surface area contributed by atoms with Crippen molar-refractivity contribution in [2.75, 3.05) is 32.7 Å². The Bertz CT molecular complexity index is 679. The Morgan fingerprint density at radius 3 is 2.52 bits per heavy atom. The molecule has 0 aliphatic carbocycles. The molecule has 27 heavy (non-hydrogen) atoms. The molecule has 1 aromatic heterocycles. The van der Waals surface area contributed by atoms with Gasteiger partial charge >= 0.3 is 0 Å². The molecule has 2 fully saturated rings. The lowest BCUT2D eigenvalue weighted by Gasteiger charge is -2.34. The van der Waals surface area contributed by atoms with Crippen LogP contribution in [0.5, 0.6) is 0 Å². The topological polar surface area (TPSA) is 45.4 Å². The lowest BCUT2D eigenvalue weighted by atomic mass is 9.97. The second-order valence-corrected chi connectivity index (χ2v) is 8.22. The molecule has 0 amide bonds. The van der Waals surface area contributed by atoms with E-state index in [0.717, 1.165) is 43.7 Å². The van der Waals surface area contributed by atoms with E-state index >= 15 is 0 Å². The van der Waals surface area contributed by atoms with Crippen LogP contribution in [0.15, 0.2) is 34.9 Å². The Kier molecular flexibility index (Phi) is 6.53. The fourth-order valence-corrected chi connectivity index (χ4v) is 4.52. The van der Waals surface area contributed by atoms with Crippen LogP contribution in [0.2, 0.25) is 0 Å². The molecule has 0 spiro atoms. The fraction of sp³-hybridized carbons (Fsp3) is 0.636. The molecule has 5 nitrogen and oxygen atoms in total. The first-order valence-corrected chi connectivity index (χ1v) is 10.7. The largest absolute Gasteiger partial charge is 0.338 e. The molecule has 146 valence electrons. The van der Waals surface area contributed by atoms with Gasteiger partial charge in [-0.25, -0.2) is 0 Å². The summed E-state index contributed by atoms with van der Waals surface area (Å²) in [4.78, 5) is 9.83. The molecule has 0 saturated carbocycles. The monoisotopic (exact) mass is 368 g/mol. The molecule has 1 aromatic carbocycles. The maximum atomic E-state index is 5.53. The summed E-state index contributed by atoms with van der Waals surface area (Å²) in [5.74, 6) is 2.33. The Labute approximate surface area is 162 Å². The van der Waals surface area contributed by atoms with Crippen molar-refractivity contribution >= 4 is 0 Å². The molecule has 0 bridgehead atoms. The van der Waals surface area contributed by atoms with E-state index in [-0.39, 0.29) is 0 Å². The highest BCUT2D eigenvalue weighted by atomic mass is 16.5. The maximum absolute atomic E-state index is 5.53. The van der Waals surface area contributed by atoms with E-state index in [4.69, 9.17) is 4.52 Å². The van der Waals surface area contributed by atoms with Crippen LogP contribution >= 0.6 is 0 Å². The summed E-state index contributed by atoms with van der Waals surface area (Å²) in [5, 5.41) is 4.18. The van der Waals surface area contributed by atoms with Crippen molar-refractivity contribution in [1.29, 1.82) is 0 Å². The summed E-state index contributed by atoms with van der Waals surface area (Å²) in [7, 11) is 0. The van der Waals surface area contributed by atoms with Crippen LogP contribution in [-0.4, -0.2) is 52.7 Å². The number of piperidine rings is 1. The van der Waals surface area contributed by atoms with Crippen LogP contribution < -0.4 is 0 Å². The zero-order valence-electron chi connectivity index (χ0n) is 16.4. The van der Waals surface area contributed by atoms with E-state index in [1.165, 1.54) is 63.7 Å². The van der Waals surface area contributed by atoms with E-state index in [9.17, 15) is 0 Å². The van der Waals surface area contributed by atoms with Gasteiger partial charge < -0.3 is 9.42 Å². The molecule has 0 radical (unpaired) electrons. The highest BCUT2D eigenvalue weighted by molar-refractivity contribution is 5.18. The van der Waals surface area contributed by atoms with Crippen molar-refractivity contribution in [2.45, 2.75) is 51.5 Å². The van der Waals surface area contributed by atoms with Crippen LogP contribution in [0.1, 0.15) is 55.8 Å². The minimum Gasteiger partial charge on any atom is -0.338 e. The van der Waals surface area contributed by atoms with E-state index in [1.807, 2.05) is 6.07 Å². The molecule has 3 heterocycles. The third-order valence-corrected chi connectivity index (χ3v) is 5.89. The minimum absolute atomic E-state index is 0.738. The summed E-state index contributed by atoms with van der Waals surface area (Å²) in [5.41, 5.74) is 1.22. The smallest absolute Gasteiger partial charge is 0.240 e. The average Bonchev–Trinajstić information content (AvgIpc) is 2.96. The number of benzene rings is 1. The lowest BCUT2D eigenvalue weighted by molar-refractivity contribution is 0.119. The SMILES string of the molecule is c1ccc(Cc2noc(CN3CCCC(CN4CCCCCC4)C3)n2)cc1. The van der Waals surface area contributed by atoms with Gasteiger partial charge in [-0.05, 0) is 56.8 Å². The van der Waals surface area contributed by atoms with Crippen molar-refractivity contribution in [3.8, 4) is 0 Å². The second-order valence-electron chi connectivity index (χ2n) is 8.22. The summed E-state index contributed by atoms with van der Waals surface area (Å²) in [6.07, 6.45) is 8.96. The first-order valence-electron chi connectivity index (χ1n) is 10.7. The van der Waals surface area contributed by atoms with Gasteiger partial charge in [-0.3, -0.25) is 4.90 Å². The summed E-state index contributed by atoms with van der Waals surface area (Å²) in [6.45, 7) is 6.95. The van der Waals surface area contributed by atoms with Gasteiger partial charge in [0.05, 0.1) is 6.54 Å². The molecular formula is C22H32N4O. The zero-order valence-corrected chi connectivity index (χ0v) is 16.4. The van der Waals surface area contributed by atoms with Crippen LogP contribution in [0.25, 0.3) is 0 Å². The van der Waals surface area contributed by atoms with Gasteiger partial charge in [0, 0.05) is 19.5 Å². The molecule has 1 atom stereocenters. The molecule has 2 aliphatic rings. The van der Waals surface area contributed by atoms with Crippen molar-refractivity contribution < 1.29 is 4.52 Å². The predicted octanol–water partition coefficient (Wildman–Crippen LogP) is 3.75. The van der Waals surface area contributed by atoms with Gasteiger partial charge in [0.1, 0.15) is 0 Å². The van der Waals surface area contributed by atoms with Gasteiger partial charge in [0.15, 0.2) is 5.82 Å². The number of hydrogen-bond donors (Lipinski definition) is 0. The molecule has 2 aromatic rings. The van der Waals surface area contributed by atoms with Gasteiger partial charge in [0.2, 0.25) is 5.89 Å². The normalized spacial score (nSPS) is 22.6. The molecule has 2 saturated heterocycles. The van der Waals surface area contributed by atoms with Gasteiger partial charge in [-0.2, -0.15) is 4.98 Å². The first kappa shape index (κ1) is 18.6. The van der Waals surface area contributed by atoms with Crippen LogP contribution in [0.3, 0.4) is 0 Å². The van der Waals surface area contributed by atoms with E-state index < -0.39 is 0 Å². The van der Waals surface area contributed by atoms with E-state index in [0.29, 0.717) is 0 Å². The minimum atomic E-state index is 0.738. The molecule has 5 heteroatoms. The van der Waals surface area contributed by atoms with Crippen molar-refractivity contribution in [3.05, 3.63) is 47.6 Å². The standard InChI is InChI=1S/C22H32N4O/c1-2-7-13-25(12-6-1)16-20-11-8-14-26(17-20)18-22-23-21(24-27-22)15-19-9-4-3-5-10-19/h3-5,9-10,20H,1-2,6-8,11-18H2. The van der Waals surface area contributed by atoms with Gasteiger partial charge in [-0.1, -0.05) is 48.3 Å². The van der Waals surface area contributed by atoms with Crippen LogP contribution in [-0.2, 0) is 13.0 Å². The van der Waals surface area contributed by atoms with Crippen LogP contribution in [0, 0.1) is 5.92 Å².